The van der Waals surface area contributed by atoms with Crippen molar-refractivity contribution in [3.8, 4) is 5.75 Å². The van der Waals surface area contributed by atoms with E-state index in [1.807, 2.05) is 30.3 Å². The summed E-state index contributed by atoms with van der Waals surface area (Å²) in [6.45, 7) is 0.493. The molecule has 0 spiro atoms. The molecule has 4 nitrogen and oxygen atoms in total. The number of carbonyl (C=O) groups excluding carboxylic acids is 2. The molecule has 0 radical (unpaired) electrons. The molecule has 0 aromatic heterocycles. The van der Waals surface area contributed by atoms with E-state index in [0.717, 1.165) is 18.4 Å². The Bertz CT molecular complexity index is 716. The van der Waals surface area contributed by atoms with Crippen LogP contribution in [0.1, 0.15) is 48.0 Å². The fourth-order valence-corrected chi connectivity index (χ4v) is 3.22. The lowest BCUT2D eigenvalue weighted by Gasteiger charge is -2.21. The molecule has 2 aromatic rings. The third-order valence-electron chi connectivity index (χ3n) is 4.69. The lowest BCUT2D eigenvalue weighted by Crippen LogP contribution is -2.16. The number of ether oxygens (including phenoxy) is 2. The summed E-state index contributed by atoms with van der Waals surface area (Å²) in [5, 5.41) is 0. The van der Waals surface area contributed by atoms with E-state index in [9.17, 15) is 9.59 Å². The molecule has 4 heteroatoms. The highest BCUT2D eigenvalue weighted by Gasteiger charge is 2.16. The summed E-state index contributed by atoms with van der Waals surface area (Å²) < 4.78 is 10.7. The Morgan fingerprint density at radius 2 is 1.58 bits per heavy atom. The number of esters is 2. The molecule has 0 aliphatic heterocycles. The van der Waals surface area contributed by atoms with E-state index in [1.165, 1.54) is 19.3 Å². The molecule has 0 unspecified atom stereocenters. The Balaban J connectivity index is 1.47. The molecule has 0 atom stereocenters. The zero-order valence-corrected chi connectivity index (χ0v) is 14.9. The third-order valence-corrected chi connectivity index (χ3v) is 4.69. The molecular formula is C22H24O4. The van der Waals surface area contributed by atoms with Gasteiger partial charge in [0.15, 0.2) is 0 Å². The number of hydrogen-bond acceptors (Lipinski definition) is 4. The van der Waals surface area contributed by atoms with Crippen LogP contribution in [0.3, 0.4) is 0 Å². The zero-order valence-electron chi connectivity index (χ0n) is 14.9. The van der Waals surface area contributed by atoms with Gasteiger partial charge in [0.25, 0.3) is 0 Å². The second kappa shape index (κ2) is 9.18. The molecule has 26 heavy (non-hydrogen) atoms. The van der Waals surface area contributed by atoms with Crippen molar-refractivity contribution >= 4 is 11.9 Å². The summed E-state index contributed by atoms with van der Waals surface area (Å²) in [6, 6.07) is 16.0. The standard InChI is InChI=1S/C22H24O4/c23-21(15-17-7-3-1-4-8-17)26-20-13-11-19(12-14-20)22(24)25-16-18-9-5-2-6-10-18/h1,3-4,7-8,11-14,18H,2,5-6,9-10,15-16H2. The molecule has 0 heterocycles. The molecule has 1 saturated carbocycles. The van der Waals surface area contributed by atoms with E-state index >= 15 is 0 Å². The van der Waals surface area contributed by atoms with Gasteiger partial charge in [-0.1, -0.05) is 49.6 Å². The minimum atomic E-state index is -0.330. The highest BCUT2D eigenvalue weighted by atomic mass is 16.5. The second-order valence-electron chi connectivity index (χ2n) is 6.76. The molecule has 0 saturated heterocycles. The van der Waals surface area contributed by atoms with Crippen molar-refractivity contribution in [2.75, 3.05) is 6.61 Å². The summed E-state index contributed by atoms with van der Waals surface area (Å²) in [5.41, 5.74) is 1.38. The van der Waals surface area contributed by atoms with Gasteiger partial charge in [-0.3, -0.25) is 4.79 Å². The molecule has 136 valence electrons. The average Bonchev–Trinajstić information content (AvgIpc) is 2.68. The van der Waals surface area contributed by atoms with Gasteiger partial charge in [0.2, 0.25) is 0 Å². The molecule has 0 N–H and O–H groups in total. The van der Waals surface area contributed by atoms with Gasteiger partial charge >= 0.3 is 11.9 Å². The van der Waals surface area contributed by atoms with Crippen molar-refractivity contribution in [1.29, 1.82) is 0 Å². The van der Waals surface area contributed by atoms with Crippen LogP contribution in [0.4, 0.5) is 0 Å². The number of hydrogen-bond donors (Lipinski definition) is 0. The van der Waals surface area contributed by atoms with Gasteiger partial charge in [0.05, 0.1) is 18.6 Å². The smallest absolute Gasteiger partial charge is 0.338 e. The second-order valence-corrected chi connectivity index (χ2v) is 6.76. The number of carbonyl (C=O) groups is 2. The Morgan fingerprint density at radius 1 is 0.885 bits per heavy atom. The van der Waals surface area contributed by atoms with Crippen LogP contribution in [-0.4, -0.2) is 18.5 Å². The normalized spacial score (nSPS) is 14.6. The molecule has 0 bridgehead atoms. The van der Waals surface area contributed by atoms with Crippen molar-refractivity contribution in [2.45, 2.75) is 38.5 Å². The summed E-state index contributed by atoms with van der Waals surface area (Å²) in [4.78, 5) is 24.1. The lowest BCUT2D eigenvalue weighted by atomic mass is 9.90. The van der Waals surface area contributed by atoms with E-state index in [0.29, 0.717) is 23.8 Å². The summed E-state index contributed by atoms with van der Waals surface area (Å²) in [6.07, 6.45) is 6.24. The Morgan fingerprint density at radius 3 is 2.27 bits per heavy atom. The van der Waals surface area contributed by atoms with E-state index < -0.39 is 0 Å². The molecular weight excluding hydrogens is 328 g/mol. The first-order valence-electron chi connectivity index (χ1n) is 9.22. The predicted octanol–water partition coefficient (Wildman–Crippen LogP) is 4.57. The van der Waals surface area contributed by atoms with E-state index in [-0.39, 0.29) is 18.4 Å². The molecule has 1 aliphatic rings. The Kier molecular flexibility index (Phi) is 6.42. The SMILES string of the molecule is O=C(Cc1ccccc1)Oc1ccc(C(=O)OCC2CCCCC2)cc1. The maximum Gasteiger partial charge on any atom is 0.338 e. The van der Waals surface area contributed by atoms with E-state index in [2.05, 4.69) is 0 Å². The lowest BCUT2D eigenvalue weighted by molar-refractivity contribution is -0.133. The van der Waals surface area contributed by atoms with Crippen molar-refractivity contribution in [3.63, 3.8) is 0 Å². The molecule has 3 rings (SSSR count). The van der Waals surface area contributed by atoms with Gasteiger partial charge in [-0.2, -0.15) is 0 Å². The quantitative estimate of drug-likeness (QED) is 0.564. The van der Waals surface area contributed by atoms with E-state index in [4.69, 9.17) is 9.47 Å². The maximum absolute atomic E-state index is 12.1. The van der Waals surface area contributed by atoms with Crippen molar-refractivity contribution < 1.29 is 19.1 Å². The largest absolute Gasteiger partial charge is 0.462 e. The first kappa shape index (κ1) is 18.2. The summed E-state index contributed by atoms with van der Waals surface area (Å²) in [5.74, 6) is 0.266. The van der Waals surface area contributed by atoms with Crippen molar-refractivity contribution in [1.82, 2.24) is 0 Å². The third kappa shape index (κ3) is 5.45. The van der Waals surface area contributed by atoms with Gasteiger partial charge in [0, 0.05) is 0 Å². The van der Waals surface area contributed by atoms with Crippen LogP contribution in [0.2, 0.25) is 0 Å². The number of benzene rings is 2. The Labute approximate surface area is 154 Å². The van der Waals surface area contributed by atoms with Crippen molar-refractivity contribution in [2.24, 2.45) is 5.92 Å². The van der Waals surface area contributed by atoms with Crippen LogP contribution in [-0.2, 0) is 16.0 Å². The minimum absolute atomic E-state index is 0.214. The van der Waals surface area contributed by atoms with Gasteiger partial charge in [-0.25, -0.2) is 4.79 Å². The monoisotopic (exact) mass is 352 g/mol. The highest BCUT2D eigenvalue weighted by molar-refractivity contribution is 5.89. The highest BCUT2D eigenvalue weighted by Crippen LogP contribution is 2.24. The predicted molar refractivity (Wildman–Crippen MR) is 99.1 cm³/mol. The summed E-state index contributed by atoms with van der Waals surface area (Å²) >= 11 is 0. The van der Waals surface area contributed by atoms with Crippen LogP contribution in [0.5, 0.6) is 5.75 Å². The van der Waals surface area contributed by atoms with Crippen LogP contribution < -0.4 is 4.74 Å². The Hall–Kier alpha value is -2.62. The fraction of sp³-hybridized carbons (Fsp3) is 0.364. The van der Waals surface area contributed by atoms with Crippen LogP contribution >= 0.6 is 0 Å². The first-order valence-corrected chi connectivity index (χ1v) is 9.22. The maximum atomic E-state index is 12.1. The van der Waals surface area contributed by atoms with Gasteiger partial charge in [0.1, 0.15) is 5.75 Å². The molecule has 1 fully saturated rings. The van der Waals surface area contributed by atoms with E-state index in [1.54, 1.807) is 24.3 Å². The van der Waals surface area contributed by atoms with Crippen LogP contribution in [0, 0.1) is 5.92 Å². The van der Waals surface area contributed by atoms with Crippen LogP contribution in [0.25, 0.3) is 0 Å². The zero-order chi connectivity index (χ0) is 18.2. The molecule has 2 aromatic carbocycles. The summed E-state index contributed by atoms with van der Waals surface area (Å²) in [7, 11) is 0. The molecule has 0 amide bonds. The van der Waals surface area contributed by atoms with Gasteiger partial charge in [-0.05, 0) is 48.6 Å². The van der Waals surface area contributed by atoms with Crippen LogP contribution in [0.15, 0.2) is 54.6 Å². The minimum Gasteiger partial charge on any atom is -0.462 e. The molecule has 1 aliphatic carbocycles. The average molecular weight is 352 g/mol. The first-order chi connectivity index (χ1) is 12.7. The van der Waals surface area contributed by atoms with Gasteiger partial charge < -0.3 is 9.47 Å². The number of rotatable bonds is 6. The fourth-order valence-electron chi connectivity index (χ4n) is 3.22. The van der Waals surface area contributed by atoms with Gasteiger partial charge in [-0.15, -0.1) is 0 Å². The van der Waals surface area contributed by atoms with Crippen molar-refractivity contribution in [3.05, 3.63) is 65.7 Å². The topological polar surface area (TPSA) is 52.6 Å².